The fraction of sp³-hybridized carbons (Fsp3) is 0.583. The van der Waals surface area contributed by atoms with Crippen LogP contribution in [0.2, 0.25) is 0 Å². The number of nitrogens with two attached hydrogens (primary N) is 1. The SMILES string of the molecule is CCC(CC)(CN)C(=O)NCc1cccs1.Cl. The van der Waals surface area contributed by atoms with Crippen LogP contribution in [0.25, 0.3) is 0 Å². The van der Waals surface area contributed by atoms with Crippen LogP contribution in [0.1, 0.15) is 31.6 Å². The molecular formula is C12H21ClN2OS. The van der Waals surface area contributed by atoms with Gasteiger partial charge in [0.2, 0.25) is 5.91 Å². The van der Waals surface area contributed by atoms with Crippen LogP contribution in [0.5, 0.6) is 0 Å². The van der Waals surface area contributed by atoms with Gasteiger partial charge in [0, 0.05) is 11.4 Å². The van der Waals surface area contributed by atoms with Crippen molar-refractivity contribution in [2.45, 2.75) is 33.2 Å². The normalized spacial score (nSPS) is 10.8. The molecule has 98 valence electrons. The van der Waals surface area contributed by atoms with Crippen molar-refractivity contribution in [3.8, 4) is 0 Å². The highest BCUT2D eigenvalue weighted by Crippen LogP contribution is 2.25. The molecule has 0 saturated carbocycles. The zero-order valence-corrected chi connectivity index (χ0v) is 12.0. The van der Waals surface area contributed by atoms with Crippen molar-refractivity contribution < 1.29 is 4.79 Å². The van der Waals surface area contributed by atoms with E-state index in [-0.39, 0.29) is 18.3 Å². The number of amides is 1. The molecule has 1 amide bonds. The average molecular weight is 277 g/mol. The van der Waals surface area contributed by atoms with Crippen molar-refractivity contribution in [2.24, 2.45) is 11.1 Å². The lowest BCUT2D eigenvalue weighted by Crippen LogP contribution is -2.44. The van der Waals surface area contributed by atoms with E-state index >= 15 is 0 Å². The third kappa shape index (κ3) is 3.98. The molecule has 0 bridgehead atoms. The molecule has 1 heterocycles. The van der Waals surface area contributed by atoms with Gasteiger partial charge in [-0.15, -0.1) is 23.7 Å². The summed E-state index contributed by atoms with van der Waals surface area (Å²) in [4.78, 5) is 13.2. The Hall–Kier alpha value is -0.580. The molecule has 3 N–H and O–H groups in total. The molecule has 17 heavy (non-hydrogen) atoms. The number of rotatable bonds is 6. The summed E-state index contributed by atoms with van der Waals surface area (Å²) < 4.78 is 0. The molecule has 1 aromatic heterocycles. The van der Waals surface area contributed by atoms with Crippen molar-refractivity contribution in [3.05, 3.63) is 22.4 Å². The molecule has 0 aliphatic carbocycles. The first-order chi connectivity index (χ1) is 7.68. The van der Waals surface area contributed by atoms with Crippen LogP contribution >= 0.6 is 23.7 Å². The van der Waals surface area contributed by atoms with Crippen LogP contribution in [-0.2, 0) is 11.3 Å². The van der Waals surface area contributed by atoms with Crippen molar-refractivity contribution in [2.75, 3.05) is 6.54 Å². The molecule has 5 heteroatoms. The van der Waals surface area contributed by atoms with Gasteiger partial charge in [-0.05, 0) is 24.3 Å². The number of hydrogen-bond donors (Lipinski definition) is 2. The van der Waals surface area contributed by atoms with Crippen molar-refractivity contribution in [1.82, 2.24) is 5.32 Å². The maximum Gasteiger partial charge on any atom is 0.227 e. The van der Waals surface area contributed by atoms with E-state index in [4.69, 9.17) is 5.73 Å². The van der Waals surface area contributed by atoms with Crippen LogP contribution in [-0.4, -0.2) is 12.5 Å². The molecule has 0 radical (unpaired) electrons. The van der Waals surface area contributed by atoms with E-state index in [1.54, 1.807) is 11.3 Å². The zero-order chi connectivity index (χ0) is 12.0. The smallest absolute Gasteiger partial charge is 0.227 e. The fourth-order valence-corrected chi connectivity index (χ4v) is 2.37. The Labute approximate surface area is 113 Å². The maximum absolute atomic E-state index is 12.1. The van der Waals surface area contributed by atoms with Gasteiger partial charge in [-0.25, -0.2) is 0 Å². The van der Waals surface area contributed by atoms with Gasteiger partial charge >= 0.3 is 0 Å². The number of hydrogen-bond acceptors (Lipinski definition) is 3. The molecule has 1 rings (SSSR count). The Bertz CT molecular complexity index is 315. The molecule has 0 aliphatic rings. The number of nitrogens with one attached hydrogen (secondary N) is 1. The second-order valence-corrected chi connectivity index (χ2v) is 4.99. The predicted molar refractivity (Wildman–Crippen MR) is 75.5 cm³/mol. The quantitative estimate of drug-likeness (QED) is 0.839. The van der Waals surface area contributed by atoms with Crippen molar-refractivity contribution in [1.29, 1.82) is 0 Å². The minimum Gasteiger partial charge on any atom is -0.351 e. The van der Waals surface area contributed by atoms with Crippen molar-refractivity contribution >= 4 is 29.7 Å². The summed E-state index contributed by atoms with van der Waals surface area (Å²) in [6.07, 6.45) is 1.58. The average Bonchev–Trinajstić information content (AvgIpc) is 2.82. The third-order valence-electron chi connectivity index (χ3n) is 3.23. The summed E-state index contributed by atoms with van der Waals surface area (Å²) in [5, 5.41) is 4.98. The van der Waals surface area contributed by atoms with Gasteiger partial charge in [0.15, 0.2) is 0 Å². The molecule has 0 spiro atoms. The first-order valence-corrected chi connectivity index (χ1v) is 6.57. The summed E-state index contributed by atoms with van der Waals surface area (Å²) in [5.41, 5.74) is 5.33. The highest BCUT2D eigenvalue weighted by molar-refractivity contribution is 7.09. The highest BCUT2D eigenvalue weighted by Gasteiger charge is 2.32. The van der Waals surface area contributed by atoms with Gasteiger partial charge in [-0.1, -0.05) is 19.9 Å². The zero-order valence-electron chi connectivity index (χ0n) is 10.4. The minimum atomic E-state index is -0.392. The summed E-state index contributed by atoms with van der Waals surface area (Å²) in [6, 6.07) is 4.01. The van der Waals surface area contributed by atoms with E-state index < -0.39 is 5.41 Å². The van der Waals surface area contributed by atoms with Crippen LogP contribution in [0.4, 0.5) is 0 Å². The molecule has 3 nitrogen and oxygen atoms in total. The molecule has 0 aliphatic heterocycles. The lowest BCUT2D eigenvalue weighted by Gasteiger charge is -2.28. The van der Waals surface area contributed by atoms with Crippen LogP contribution in [0, 0.1) is 5.41 Å². The van der Waals surface area contributed by atoms with Gasteiger partial charge in [-0.3, -0.25) is 4.79 Å². The molecule has 0 atom stereocenters. The Morgan fingerprint density at radius 3 is 2.53 bits per heavy atom. The lowest BCUT2D eigenvalue weighted by atomic mass is 9.81. The van der Waals surface area contributed by atoms with Crippen LogP contribution < -0.4 is 11.1 Å². The Morgan fingerprint density at radius 2 is 2.12 bits per heavy atom. The number of halogens is 1. The predicted octanol–water partition coefficient (Wildman–Crippen LogP) is 2.55. The number of carbonyl (C=O) groups excluding carboxylic acids is 1. The Balaban J connectivity index is 0.00000256. The maximum atomic E-state index is 12.1. The highest BCUT2D eigenvalue weighted by atomic mass is 35.5. The van der Waals surface area contributed by atoms with Gasteiger partial charge < -0.3 is 11.1 Å². The Morgan fingerprint density at radius 1 is 1.47 bits per heavy atom. The van der Waals surface area contributed by atoms with E-state index in [0.717, 1.165) is 12.8 Å². The monoisotopic (exact) mass is 276 g/mol. The van der Waals surface area contributed by atoms with Gasteiger partial charge in [0.25, 0.3) is 0 Å². The second-order valence-electron chi connectivity index (χ2n) is 3.95. The summed E-state index contributed by atoms with van der Waals surface area (Å²) in [7, 11) is 0. The first-order valence-electron chi connectivity index (χ1n) is 5.69. The summed E-state index contributed by atoms with van der Waals surface area (Å²) in [6.45, 7) is 5.05. The van der Waals surface area contributed by atoms with E-state index in [9.17, 15) is 4.79 Å². The Kier molecular flexibility index (Phi) is 7.43. The molecule has 0 fully saturated rings. The van der Waals surface area contributed by atoms with E-state index in [1.807, 2.05) is 31.4 Å². The molecule has 0 unspecified atom stereocenters. The summed E-state index contributed by atoms with van der Waals surface area (Å²) >= 11 is 1.65. The minimum absolute atomic E-state index is 0. The second kappa shape index (κ2) is 7.69. The molecule has 0 aromatic carbocycles. The van der Waals surface area contributed by atoms with E-state index in [2.05, 4.69) is 5.32 Å². The lowest BCUT2D eigenvalue weighted by molar-refractivity contribution is -0.131. The van der Waals surface area contributed by atoms with E-state index in [0.29, 0.717) is 13.1 Å². The first kappa shape index (κ1) is 16.4. The molecule has 0 saturated heterocycles. The standard InChI is InChI=1S/C12H20N2OS.ClH/c1-3-12(4-2,9-13)11(15)14-8-10-6-5-7-16-10;/h5-7H,3-4,8-9,13H2,1-2H3,(H,14,15);1H. The number of thiophene rings is 1. The van der Waals surface area contributed by atoms with Crippen LogP contribution in [0.15, 0.2) is 17.5 Å². The fourth-order valence-electron chi connectivity index (χ4n) is 1.72. The van der Waals surface area contributed by atoms with Gasteiger partial charge in [0.1, 0.15) is 0 Å². The van der Waals surface area contributed by atoms with Gasteiger partial charge in [-0.2, -0.15) is 0 Å². The van der Waals surface area contributed by atoms with Gasteiger partial charge in [0.05, 0.1) is 12.0 Å². The largest absolute Gasteiger partial charge is 0.351 e. The molecular weight excluding hydrogens is 256 g/mol. The third-order valence-corrected chi connectivity index (χ3v) is 4.11. The number of carbonyl (C=O) groups is 1. The summed E-state index contributed by atoms with van der Waals surface area (Å²) in [5.74, 6) is 0.0772. The topological polar surface area (TPSA) is 55.1 Å². The van der Waals surface area contributed by atoms with E-state index in [1.165, 1.54) is 4.88 Å². The molecule has 1 aromatic rings. The van der Waals surface area contributed by atoms with Crippen LogP contribution in [0.3, 0.4) is 0 Å². The van der Waals surface area contributed by atoms with Crippen molar-refractivity contribution in [3.63, 3.8) is 0 Å².